The Labute approximate surface area is 267 Å². The van der Waals surface area contributed by atoms with Gasteiger partial charge in [0.15, 0.2) is 0 Å². The molecule has 0 saturated heterocycles. The number of thiophene rings is 1. The first kappa shape index (κ1) is 32.7. The molecule has 0 aliphatic heterocycles. The Bertz CT molecular complexity index is 1940. The van der Waals surface area contributed by atoms with Gasteiger partial charge < -0.3 is 15.4 Å². The summed E-state index contributed by atoms with van der Waals surface area (Å²) < 4.78 is 37.5. The molecule has 2 aromatic carbocycles. The fourth-order valence-electron chi connectivity index (χ4n) is 5.13. The number of carbonyl (C=O) groups excluding carboxylic acids is 1. The molecule has 0 unspecified atom stereocenters. The Hall–Kier alpha value is -4.72. The lowest BCUT2D eigenvalue weighted by Crippen LogP contribution is -2.40. The maximum Gasteiger partial charge on any atom is 0.332 e. The number of amides is 2. The van der Waals surface area contributed by atoms with Gasteiger partial charge in [-0.05, 0) is 67.1 Å². The van der Waals surface area contributed by atoms with E-state index in [0.29, 0.717) is 58.1 Å². The van der Waals surface area contributed by atoms with Gasteiger partial charge in [-0.25, -0.2) is 18.4 Å². The van der Waals surface area contributed by atoms with Crippen LogP contribution < -0.4 is 21.9 Å². The third-order valence-electron chi connectivity index (χ3n) is 7.47. The molecule has 3 aromatic heterocycles. The number of aromatic nitrogens is 3. The van der Waals surface area contributed by atoms with E-state index >= 15 is 0 Å². The summed E-state index contributed by atoms with van der Waals surface area (Å²) in [5, 5.41) is 5.74. The number of hydrogen-bond donors (Lipinski definition) is 2. The van der Waals surface area contributed by atoms with Crippen molar-refractivity contribution in [2.45, 2.75) is 26.6 Å². The molecule has 5 rings (SSSR count). The molecule has 10 nitrogen and oxygen atoms in total. The number of rotatable bonds is 12. The van der Waals surface area contributed by atoms with Gasteiger partial charge in [-0.3, -0.25) is 23.8 Å². The van der Waals surface area contributed by atoms with Crippen LogP contribution in [0.15, 0.2) is 76.6 Å². The number of anilines is 1. The average molecular weight is 649 g/mol. The van der Waals surface area contributed by atoms with Crippen LogP contribution in [0.1, 0.15) is 23.6 Å². The Kier molecular flexibility index (Phi) is 10.4. The van der Waals surface area contributed by atoms with E-state index in [-0.39, 0.29) is 18.1 Å². The molecule has 0 fully saturated rings. The van der Waals surface area contributed by atoms with Gasteiger partial charge in [0.2, 0.25) is 0 Å². The van der Waals surface area contributed by atoms with Crippen LogP contribution in [0.4, 0.5) is 19.3 Å². The first-order valence-corrected chi connectivity index (χ1v) is 15.5. The molecule has 0 spiro atoms. The van der Waals surface area contributed by atoms with Crippen LogP contribution in [0.5, 0.6) is 0 Å². The van der Waals surface area contributed by atoms with E-state index < -0.39 is 29.4 Å². The monoisotopic (exact) mass is 648 g/mol. The highest BCUT2D eigenvalue weighted by Crippen LogP contribution is 2.38. The van der Waals surface area contributed by atoms with Crippen molar-refractivity contribution in [2.75, 3.05) is 39.2 Å². The molecule has 2 N–H and O–H groups in total. The van der Waals surface area contributed by atoms with Crippen molar-refractivity contribution in [1.82, 2.24) is 24.3 Å². The van der Waals surface area contributed by atoms with Crippen molar-refractivity contribution in [2.24, 2.45) is 0 Å². The minimum atomic E-state index is -0.793. The van der Waals surface area contributed by atoms with Crippen LogP contribution in [0, 0.1) is 11.6 Å². The van der Waals surface area contributed by atoms with Crippen molar-refractivity contribution in [3.63, 3.8) is 0 Å². The van der Waals surface area contributed by atoms with Gasteiger partial charge in [0, 0.05) is 55.3 Å². The van der Waals surface area contributed by atoms with Crippen LogP contribution in [0.3, 0.4) is 0 Å². The smallest absolute Gasteiger partial charge is 0.332 e. The molecule has 0 bridgehead atoms. The first-order chi connectivity index (χ1) is 22.2. The number of methoxy groups -OCH3 is 1. The fraction of sp³-hybridized carbons (Fsp3) is 0.273. The minimum absolute atomic E-state index is 0.0554. The Morgan fingerprint density at radius 3 is 2.33 bits per heavy atom. The van der Waals surface area contributed by atoms with Gasteiger partial charge in [-0.15, -0.1) is 11.3 Å². The van der Waals surface area contributed by atoms with E-state index in [4.69, 9.17) is 4.74 Å². The molecular formula is C33H34F2N6O4S. The van der Waals surface area contributed by atoms with Crippen molar-refractivity contribution in [3.05, 3.63) is 116 Å². The second kappa shape index (κ2) is 14.6. The van der Waals surface area contributed by atoms with E-state index in [0.717, 1.165) is 22.3 Å². The van der Waals surface area contributed by atoms with Gasteiger partial charge >= 0.3 is 11.7 Å². The average Bonchev–Trinajstić information content (AvgIpc) is 3.41. The summed E-state index contributed by atoms with van der Waals surface area (Å²) in [6.45, 7) is 3.17. The lowest BCUT2D eigenvalue weighted by atomic mass is 10.1. The Morgan fingerprint density at radius 1 is 0.978 bits per heavy atom. The molecule has 0 aliphatic rings. The van der Waals surface area contributed by atoms with Crippen LogP contribution >= 0.6 is 11.3 Å². The predicted molar refractivity (Wildman–Crippen MR) is 175 cm³/mol. The van der Waals surface area contributed by atoms with Gasteiger partial charge in [-0.2, -0.15) is 0 Å². The number of urea groups is 1. The van der Waals surface area contributed by atoms with E-state index in [1.165, 1.54) is 22.0 Å². The van der Waals surface area contributed by atoms with Gasteiger partial charge in [0.05, 0.1) is 25.1 Å². The van der Waals surface area contributed by atoms with Crippen LogP contribution in [0.25, 0.3) is 20.7 Å². The zero-order chi connectivity index (χ0) is 32.8. The van der Waals surface area contributed by atoms with E-state index in [2.05, 4.69) is 15.6 Å². The zero-order valence-corrected chi connectivity index (χ0v) is 26.5. The Balaban J connectivity index is 1.75. The number of nitrogens with zero attached hydrogens (tertiary/aromatic N) is 4. The van der Waals surface area contributed by atoms with Crippen molar-refractivity contribution >= 4 is 33.3 Å². The lowest BCUT2D eigenvalue weighted by Gasteiger charge is -2.18. The normalized spacial score (nSPS) is 11.3. The van der Waals surface area contributed by atoms with Gasteiger partial charge in [-0.1, -0.05) is 18.2 Å². The van der Waals surface area contributed by atoms with Crippen molar-refractivity contribution in [3.8, 4) is 10.4 Å². The molecule has 0 aliphatic carbocycles. The molecule has 2 amide bonds. The summed E-state index contributed by atoms with van der Waals surface area (Å²) in [5.41, 5.74) is 1.17. The van der Waals surface area contributed by atoms with E-state index in [1.54, 1.807) is 43.8 Å². The predicted octanol–water partition coefficient (Wildman–Crippen LogP) is 4.88. The highest BCUT2D eigenvalue weighted by Gasteiger charge is 2.25. The van der Waals surface area contributed by atoms with Crippen molar-refractivity contribution < 1.29 is 18.3 Å². The molecule has 3 heterocycles. The van der Waals surface area contributed by atoms with Crippen molar-refractivity contribution in [1.29, 1.82) is 0 Å². The van der Waals surface area contributed by atoms with E-state index in [1.807, 2.05) is 31.0 Å². The number of likely N-dealkylation sites (N-methyl/N-ethyl adjacent to an activating group) is 1. The second-order valence-electron chi connectivity index (χ2n) is 10.7. The summed E-state index contributed by atoms with van der Waals surface area (Å²) in [4.78, 5) is 47.4. The number of nitrogens with one attached hydrogen (secondary N) is 2. The van der Waals surface area contributed by atoms with E-state index in [9.17, 15) is 23.2 Å². The van der Waals surface area contributed by atoms with Crippen LogP contribution in [-0.2, 0) is 24.4 Å². The topological polar surface area (TPSA) is 110 Å². The Morgan fingerprint density at radius 2 is 1.67 bits per heavy atom. The van der Waals surface area contributed by atoms with Crippen LogP contribution in [0.2, 0.25) is 0 Å². The SMILES string of the molecule is CCNC(=O)Nc1ccc(-c2sc3c(c2CN(C)CCOC)c(=O)n(Cc2ccncc2)c(=O)n3Cc2c(F)cccc2F)cc1. The summed E-state index contributed by atoms with van der Waals surface area (Å²) in [5.74, 6) is -1.59. The number of hydrogen-bond acceptors (Lipinski definition) is 7. The molecular weight excluding hydrogens is 614 g/mol. The molecule has 240 valence electrons. The first-order valence-electron chi connectivity index (χ1n) is 14.6. The molecule has 5 aromatic rings. The molecule has 13 heteroatoms. The summed E-state index contributed by atoms with van der Waals surface area (Å²) in [6, 6.07) is 13.7. The number of benzene rings is 2. The zero-order valence-electron chi connectivity index (χ0n) is 25.7. The lowest BCUT2D eigenvalue weighted by molar-refractivity contribution is 0.159. The molecule has 0 saturated carbocycles. The summed E-state index contributed by atoms with van der Waals surface area (Å²) in [6.07, 6.45) is 3.13. The quantitative estimate of drug-likeness (QED) is 0.200. The molecule has 0 atom stereocenters. The fourth-order valence-corrected chi connectivity index (χ4v) is 6.43. The maximum atomic E-state index is 14.9. The minimum Gasteiger partial charge on any atom is -0.383 e. The summed E-state index contributed by atoms with van der Waals surface area (Å²) >= 11 is 1.21. The number of fused-ring (bicyclic) bond motifs is 1. The standard InChI is InChI=1S/C33H34F2N6O4S/c1-4-37-32(43)38-23-10-8-22(9-11-23)29-25(19-39(2)16-17-45-3)28-30(42)40(18-21-12-14-36-15-13-21)33(44)41(31(28)46-29)20-24-26(34)6-5-7-27(24)35/h5-15H,4,16-20H2,1-3H3,(H2,37,38,43). The maximum absolute atomic E-state index is 14.9. The molecule has 0 radical (unpaired) electrons. The van der Waals surface area contributed by atoms with Gasteiger partial charge in [0.25, 0.3) is 5.56 Å². The number of carbonyl (C=O) groups is 1. The van der Waals surface area contributed by atoms with Crippen LogP contribution in [-0.4, -0.2) is 58.9 Å². The summed E-state index contributed by atoms with van der Waals surface area (Å²) in [7, 11) is 3.50. The second-order valence-corrected chi connectivity index (χ2v) is 11.7. The third-order valence-corrected chi connectivity index (χ3v) is 8.77. The van der Waals surface area contributed by atoms with Gasteiger partial charge in [0.1, 0.15) is 16.5 Å². The number of ether oxygens (including phenoxy) is 1. The number of pyridine rings is 1. The highest BCUT2D eigenvalue weighted by molar-refractivity contribution is 7.22. The number of halogens is 2. The largest absolute Gasteiger partial charge is 0.383 e. The highest BCUT2D eigenvalue weighted by atomic mass is 32.1. The molecule has 46 heavy (non-hydrogen) atoms. The third kappa shape index (κ3) is 7.06.